The first-order chi connectivity index (χ1) is 12.4. The lowest BCUT2D eigenvalue weighted by Crippen LogP contribution is -2.12. The fraction of sp³-hybridized carbons (Fsp3) is 0.150. The van der Waals surface area contributed by atoms with E-state index in [-0.39, 0.29) is 18.1 Å². The SMILES string of the molecule is Cc1ccc(OCc2ccc(C(=O)Nc3ccc(Br)cc3F)o2)cc1C. The summed E-state index contributed by atoms with van der Waals surface area (Å²) in [5.74, 6) is 0.268. The summed E-state index contributed by atoms with van der Waals surface area (Å²) >= 11 is 3.17. The lowest BCUT2D eigenvalue weighted by atomic mass is 10.1. The van der Waals surface area contributed by atoms with Gasteiger partial charge in [0.25, 0.3) is 5.91 Å². The van der Waals surface area contributed by atoms with E-state index in [1.54, 1.807) is 12.1 Å². The Labute approximate surface area is 159 Å². The molecule has 3 rings (SSSR count). The molecule has 3 aromatic rings. The van der Waals surface area contributed by atoms with Crippen LogP contribution >= 0.6 is 15.9 Å². The summed E-state index contributed by atoms with van der Waals surface area (Å²) in [6, 6.07) is 13.4. The molecule has 0 bridgehead atoms. The van der Waals surface area contributed by atoms with Gasteiger partial charge in [-0.15, -0.1) is 0 Å². The van der Waals surface area contributed by atoms with Crippen molar-refractivity contribution in [3.8, 4) is 5.75 Å². The summed E-state index contributed by atoms with van der Waals surface area (Å²) in [4.78, 5) is 12.2. The second kappa shape index (κ2) is 7.74. The van der Waals surface area contributed by atoms with E-state index < -0.39 is 11.7 Å². The van der Waals surface area contributed by atoms with E-state index in [2.05, 4.69) is 21.2 Å². The molecule has 0 atom stereocenters. The molecule has 0 aliphatic rings. The van der Waals surface area contributed by atoms with Gasteiger partial charge in [-0.25, -0.2) is 4.39 Å². The van der Waals surface area contributed by atoms with Crippen LogP contribution in [0, 0.1) is 19.7 Å². The monoisotopic (exact) mass is 417 g/mol. The maximum absolute atomic E-state index is 13.8. The highest BCUT2D eigenvalue weighted by Crippen LogP contribution is 2.21. The van der Waals surface area contributed by atoms with Crippen LogP contribution in [0.1, 0.15) is 27.4 Å². The van der Waals surface area contributed by atoms with Gasteiger partial charge in [0.05, 0.1) is 5.69 Å². The van der Waals surface area contributed by atoms with Gasteiger partial charge in [-0.3, -0.25) is 4.79 Å². The smallest absolute Gasteiger partial charge is 0.291 e. The number of benzene rings is 2. The zero-order chi connectivity index (χ0) is 18.7. The predicted octanol–water partition coefficient (Wildman–Crippen LogP) is 5.63. The summed E-state index contributed by atoms with van der Waals surface area (Å²) in [6.45, 7) is 4.24. The van der Waals surface area contributed by atoms with Crippen LogP contribution in [0.2, 0.25) is 0 Å². The molecule has 1 aromatic heterocycles. The molecule has 134 valence electrons. The number of ether oxygens (including phenoxy) is 1. The number of hydrogen-bond acceptors (Lipinski definition) is 3. The highest BCUT2D eigenvalue weighted by Gasteiger charge is 2.14. The molecule has 6 heteroatoms. The minimum absolute atomic E-state index is 0.0857. The number of anilines is 1. The van der Waals surface area contributed by atoms with Gasteiger partial charge >= 0.3 is 0 Å². The van der Waals surface area contributed by atoms with Gasteiger partial charge in [0.1, 0.15) is 23.9 Å². The molecule has 0 saturated carbocycles. The second-order valence-electron chi connectivity index (χ2n) is 5.88. The normalized spacial score (nSPS) is 10.6. The zero-order valence-electron chi connectivity index (χ0n) is 14.3. The van der Waals surface area contributed by atoms with Gasteiger partial charge in [-0.1, -0.05) is 22.0 Å². The van der Waals surface area contributed by atoms with Crippen LogP contribution in [0.5, 0.6) is 5.75 Å². The third-order valence-corrected chi connectivity index (χ3v) is 4.42. The summed E-state index contributed by atoms with van der Waals surface area (Å²) < 4.78 is 25.6. The Morgan fingerprint density at radius 2 is 1.92 bits per heavy atom. The molecule has 1 heterocycles. The van der Waals surface area contributed by atoms with Gasteiger partial charge in [0.15, 0.2) is 5.76 Å². The summed E-state index contributed by atoms with van der Waals surface area (Å²) in [5, 5.41) is 2.49. The highest BCUT2D eigenvalue weighted by atomic mass is 79.9. The Kier molecular flexibility index (Phi) is 5.42. The van der Waals surface area contributed by atoms with E-state index in [0.717, 1.165) is 11.3 Å². The van der Waals surface area contributed by atoms with Crippen molar-refractivity contribution in [2.24, 2.45) is 0 Å². The van der Waals surface area contributed by atoms with Crippen LogP contribution in [-0.2, 0) is 6.61 Å². The van der Waals surface area contributed by atoms with Crippen molar-refractivity contribution < 1.29 is 18.3 Å². The van der Waals surface area contributed by atoms with Gasteiger partial charge < -0.3 is 14.5 Å². The number of amides is 1. The molecule has 0 radical (unpaired) electrons. The van der Waals surface area contributed by atoms with Crippen LogP contribution in [0.15, 0.2) is 57.4 Å². The first kappa shape index (κ1) is 18.2. The predicted molar refractivity (Wildman–Crippen MR) is 101 cm³/mol. The Morgan fingerprint density at radius 1 is 1.12 bits per heavy atom. The molecule has 1 amide bonds. The third kappa shape index (κ3) is 4.32. The Balaban J connectivity index is 1.63. The molecular formula is C20H17BrFNO3. The number of carbonyl (C=O) groups is 1. The minimum atomic E-state index is -0.530. The molecule has 0 unspecified atom stereocenters. The van der Waals surface area contributed by atoms with Crippen LogP contribution in [0.3, 0.4) is 0 Å². The van der Waals surface area contributed by atoms with E-state index in [4.69, 9.17) is 9.15 Å². The highest BCUT2D eigenvalue weighted by molar-refractivity contribution is 9.10. The minimum Gasteiger partial charge on any atom is -0.486 e. The van der Waals surface area contributed by atoms with Crippen LogP contribution in [0.4, 0.5) is 10.1 Å². The first-order valence-corrected chi connectivity index (χ1v) is 8.77. The lowest BCUT2D eigenvalue weighted by molar-refractivity contribution is 0.0992. The van der Waals surface area contributed by atoms with Crippen LogP contribution in [-0.4, -0.2) is 5.91 Å². The van der Waals surface area contributed by atoms with Crippen LogP contribution < -0.4 is 10.1 Å². The van der Waals surface area contributed by atoms with E-state index in [1.807, 2.05) is 32.0 Å². The number of hydrogen-bond donors (Lipinski definition) is 1. The average molecular weight is 418 g/mol. The second-order valence-corrected chi connectivity index (χ2v) is 6.79. The van der Waals surface area contributed by atoms with Crippen molar-refractivity contribution in [2.45, 2.75) is 20.5 Å². The number of rotatable bonds is 5. The number of halogens is 2. The molecular weight excluding hydrogens is 401 g/mol. The largest absolute Gasteiger partial charge is 0.486 e. The van der Waals surface area contributed by atoms with Crippen molar-refractivity contribution in [3.63, 3.8) is 0 Å². The van der Waals surface area contributed by atoms with E-state index >= 15 is 0 Å². The van der Waals surface area contributed by atoms with Crippen LogP contribution in [0.25, 0.3) is 0 Å². The van der Waals surface area contributed by atoms with E-state index in [0.29, 0.717) is 10.2 Å². The van der Waals surface area contributed by atoms with Gasteiger partial charge in [-0.05, 0) is 67.4 Å². The molecule has 0 aliphatic heterocycles. The first-order valence-electron chi connectivity index (χ1n) is 7.97. The molecule has 1 N–H and O–H groups in total. The average Bonchev–Trinajstić information content (AvgIpc) is 3.07. The maximum atomic E-state index is 13.8. The van der Waals surface area contributed by atoms with Gasteiger partial charge in [-0.2, -0.15) is 0 Å². The number of carbonyl (C=O) groups excluding carboxylic acids is 1. The molecule has 2 aromatic carbocycles. The van der Waals surface area contributed by atoms with E-state index in [9.17, 15) is 9.18 Å². The van der Waals surface area contributed by atoms with Crippen molar-refractivity contribution in [1.82, 2.24) is 0 Å². The Morgan fingerprint density at radius 3 is 2.65 bits per heavy atom. The zero-order valence-corrected chi connectivity index (χ0v) is 15.9. The van der Waals surface area contributed by atoms with Crippen molar-refractivity contribution in [3.05, 3.63) is 81.5 Å². The molecule has 0 aliphatic carbocycles. The summed E-state index contributed by atoms with van der Waals surface area (Å²) in [7, 11) is 0. The van der Waals surface area contributed by atoms with E-state index in [1.165, 1.54) is 23.8 Å². The molecule has 0 fully saturated rings. The fourth-order valence-corrected chi connectivity index (χ4v) is 2.64. The number of nitrogens with one attached hydrogen (secondary N) is 1. The molecule has 4 nitrogen and oxygen atoms in total. The number of aryl methyl sites for hydroxylation is 2. The Hall–Kier alpha value is -2.60. The van der Waals surface area contributed by atoms with Crippen molar-refractivity contribution >= 4 is 27.5 Å². The quantitative estimate of drug-likeness (QED) is 0.585. The van der Waals surface area contributed by atoms with Crippen molar-refractivity contribution in [1.29, 1.82) is 0 Å². The standard InChI is InChI=1S/C20H17BrFNO3/c1-12-3-5-15(9-13(12)2)25-11-16-6-8-19(26-16)20(24)23-18-7-4-14(21)10-17(18)22/h3-10H,11H2,1-2H3,(H,23,24). The fourth-order valence-electron chi connectivity index (χ4n) is 2.31. The maximum Gasteiger partial charge on any atom is 0.291 e. The van der Waals surface area contributed by atoms with Gasteiger partial charge in [0, 0.05) is 4.47 Å². The summed E-state index contributed by atoms with van der Waals surface area (Å²) in [5.41, 5.74) is 2.41. The molecule has 0 spiro atoms. The topological polar surface area (TPSA) is 51.5 Å². The Bertz CT molecular complexity index is 952. The molecule has 26 heavy (non-hydrogen) atoms. The summed E-state index contributed by atoms with van der Waals surface area (Å²) in [6.07, 6.45) is 0. The van der Waals surface area contributed by atoms with Crippen molar-refractivity contribution in [2.75, 3.05) is 5.32 Å². The molecule has 0 saturated heterocycles. The van der Waals surface area contributed by atoms with Gasteiger partial charge in [0.2, 0.25) is 0 Å². The lowest BCUT2D eigenvalue weighted by Gasteiger charge is -2.07. The third-order valence-electron chi connectivity index (χ3n) is 3.92. The number of furan rings is 1.